The maximum absolute atomic E-state index is 12.9. The molecule has 1 unspecified atom stereocenters. The Bertz CT molecular complexity index is 731. The minimum absolute atomic E-state index is 0.0376. The van der Waals surface area contributed by atoms with E-state index in [2.05, 4.69) is 0 Å². The van der Waals surface area contributed by atoms with Crippen LogP contribution in [0, 0.1) is 5.92 Å². The van der Waals surface area contributed by atoms with Crippen LogP contribution in [0.4, 0.5) is 0 Å². The molecular weight excluding hydrogens is 374 g/mol. The molecule has 0 aromatic carbocycles. The van der Waals surface area contributed by atoms with Gasteiger partial charge in [0.15, 0.2) is 0 Å². The van der Waals surface area contributed by atoms with Crippen molar-refractivity contribution in [2.45, 2.75) is 38.2 Å². The van der Waals surface area contributed by atoms with Crippen molar-refractivity contribution in [3.63, 3.8) is 0 Å². The first kappa shape index (κ1) is 19.9. The van der Waals surface area contributed by atoms with Gasteiger partial charge in [-0.15, -0.1) is 0 Å². The molecule has 1 saturated carbocycles. The molecule has 3 fully saturated rings. The highest BCUT2D eigenvalue weighted by molar-refractivity contribution is 5.96. The second-order valence-electron chi connectivity index (χ2n) is 8.27. The van der Waals surface area contributed by atoms with Gasteiger partial charge in [0.2, 0.25) is 11.8 Å². The molecule has 2 saturated heterocycles. The summed E-state index contributed by atoms with van der Waals surface area (Å²) in [5.74, 6) is 0.528. The Balaban J connectivity index is 1.37. The van der Waals surface area contributed by atoms with Gasteiger partial charge in [-0.25, -0.2) is 0 Å². The molecule has 158 valence electrons. The largest absolute Gasteiger partial charge is 0.472 e. The van der Waals surface area contributed by atoms with Crippen LogP contribution in [0.25, 0.3) is 0 Å². The highest BCUT2D eigenvalue weighted by Gasteiger charge is 2.33. The Morgan fingerprint density at radius 1 is 1.14 bits per heavy atom. The fourth-order valence-corrected chi connectivity index (χ4v) is 3.97. The quantitative estimate of drug-likeness (QED) is 0.655. The second kappa shape index (κ2) is 8.98. The van der Waals surface area contributed by atoms with Gasteiger partial charge in [0, 0.05) is 45.8 Å². The van der Waals surface area contributed by atoms with E-state index in [0.29, 0.717) is 50.7 Å². The molecule has 3 amide bonds. The van der Waals surface area contributed by atoms with E-state index in [-0.39, 0.29) is 30.4 Å². The molecule has 0 spiro atoms. The van der Waals surface area contributed by atoms with Gasteiger partial charge in [0.1, 0.15) is 12.8 Å². The number of likely N-dealkylation sites (tertiary alicyclic amines) is 1. The van der Waals surface area contributed by atoms with Crippen LogP contribution in [-0.4, -0.2) is 84.4 Å². The third-order valence-corrected chi connectivity index (χ3v) is 5.87. The van der Waals surface area contributed by atoms with Gasteiger partial charge in [-0.3, -0.25) is 14.4 Å². The van der Waals surface area contributed by atoms with Crippen LogP contribution in [-0.2, 0) is 14.3 Å². The summed E-state index contributed by atoms with van der Waals surface area (Å²) in [6.45, 7) is 3.65. The van der Waals surface area contributed by atoms with E-state index in [9.17, 15) is 14.4 Å². The van der Waals surface area contributed by atoms with Crippen LogP contribution in [0.5, 0.6) is 0 Å². The Hall–Kier alpha value is -2.35. The zero-order chi connectivity index (χ0) is 20.2. The summed E-state index contributed by atoms with van der Waals surface area (Å²) in [4.78, 5) is 42.7. The van der Waals surface area contributed by atoms with Gasteiger partial charge in [-0.2, -0.15) is 0 Å². The van der Waals surface area contributed by atoms with Crippen molar-refractivity contribution in [1.29, 1.82) is 0 Å². The van der Waals surface area contributed by atoms with Crippen LogP contribution in [0.3, 0.4) is 0 Å². The molecule has 3 heterocycles. The molecule has 1 aromatic rings. The number of ether oxygens (including phenoxy) is 1. The smallest absolute Gasteiger partial charge is 0.257 e. The molecule has 1 aliphatic carbocycles. The van der Waals surface area contributed by atoms with Crippen molar-refractivity contribution in [3.8, 4) is 0 Å². The number of carbonyl (C=O) groups excluding carboxylic acids is 3. The molecule has 1 atom stereocenters. The predicted octanol–water partition coefficient (Wildman–Crippen LogP) is 1.37. The lowest BCUT2D eigenvalue weighted by Crippen LogP contribution is -2.40. The first-order valence-electron chi connectivity index (χ1n) is 10.6. The summed E-state index contributed by atoms with van der Waals surface area (Å²) < 4.78 is 11.1. The SMILES string of the molecule is O=C1CCCN1CCCN1CC(OCC2CC2)CN(C(=O)c2ccoc2)CC1=O. The van der Waals surface area contributed by atoms with Gasteiger partial charge in [0.25, 0.3) is 5.91 Å². The lowest BCUT2D eigenvalue weighted by atomic mass is 10.2. The number of carbonyl (C=O) groups is 3. The molecule has 0 bridgehead atoms. The Labute approximate surface area is 170 Å². The first-order valence-corrected chi connectivity index (χ1v) is 10.6. The summed E-state index contributed by atoms with van der Waals surface area (Å²) in [6, 6.07) is 1.61. The Morgan fingerprint density at radius 3 is 2.66 bits per heavy atom. The standard InChI is InChI=1S/C21H29N3O5/c25-19-3-1-7-22(19)8-2-9-23-11-18(29-14-16-4-5-16)12-24(13-20(23)26)21(27)17-6-10-28-15-17/h6,10,15-16,18H,1-5,7-9,11-14H2. The summed E-state index contributed by atoms with van der Waals surface area (Å²) in [5, 5.41) is 0. The molecule has 4 rings (SSSR count). The monoisotopic (exact) mass is 403 g/mol. The predicted molar refractivity (Wildman–Crippen MR) is 104 cm³/mol. The van der Waals surface area contributed by atoms with Crippen molar-refractivity contribution in [2.24, 2.45) is 5.92 Å². The maximum Gasteiger partial charge on any atom is 0.257 e. The molecule has 8 heteroatoms. The molecule has 0 N–H and O–H groups in total. The highest BCUT2D eigenvalue weighted by Crippen LogP contribution is 2.29. The van der Waals surface area contributed by atoms with E-state index in [4.69, 9.17) is 9.15 Å². The van der Waals surface area contributed by atoms with Crippen molar-refractivity contribution in [1.82, 2.24) is 14.7 Å². The number of amides is 3. The third-order valence-electron chi connectivity index (χ3n) is 5.87. The number of rotatable bonds is 8. The van der Waals surface area contributed by atoms with Crippen molar-refractivity contribution in [2.75, 3.05) is 45.9 Å². The van der Waals surface area contributed by atoms with Crippen molar-refractivity contribution >= 4 is 17.7 Å². The maximum atomic E-state index is 12.9. The van der Waals surface area contributed by atoms with E-state index < -0.39 is 0 Å². The van der Waals surface area contributed by atoms with Crippen LogP contribution >= 0.6 is 0 Å². The molecule has 29 heavy (non-hydrogen) atoms. The molecule has 3 aliphatic rings. The average molecular weight is 403 g/mol. The topological polar surface area (TPSA) is 83.3 Å². The van der Waals surface area contributed by atoms with Gasteiger partial charge in [-0.1, -0.05) is 0 Å². The zero-order valence-corrected chi connectivity index (χ0v) is 16.8. The lowest BCUT2D eigenvalue weighted by Gasteiger charge is -2.25. The van der Waals surface area contributed by atoms with E-state index in [0.717, 1.165) is 19.4 Å². The van der Waals surface area contributed by atoms with E-state index >= 15 is 0 Å². The molecule has 8 nitrogen and oxygen atoms in total. The molecule has 0 radical (unpaired) electrons. The summed E-state index contributed by atoms with van der Waals surface area (Å²) in [6.07, 6.45) is 7.33. The summed E-state index contributed by atoms with van der Waals surface area (Å²) >= 11 is 0. The molecule has 1 aromatic heterocycles. The van der Waals surface area contributed by atoms with Gasteiger partial charge in [0.05, 0.1) is 17.9 Å². The van der Waals surface area contributed by atoms with Gasteiger partial charge >= 0.3 is 0 Å². The zero-order valence-electron chi connectivity index (χ0n) is 16.8. The number of furan rings is 1. The number of nitrogens with zero attached hydrogens (tertiary/aromatic N) is 3. The van der Waals surface area contributed by atoms with Crippen molar-refractivity contribution in [3.05, 3.63) is 24.2 Å². The molecular formula is C21H29N3O5. The van der Waals surface area contributed by atoms with E-state index in [1.165, 1.54) is 25.4 Å². The fraction of sp³-hybridized carbons (Fsp3) is 0.667. The van der Waals surface area contributed by atoms with Crippen LogP contribution in [0.1, 0.15) is 42.5 Å². The second-order valence-corrected chi connectivity index (χ2v) is 8.27. The average Bonchev–Trinajstić information content (AvgIpc) is 3.25. The third kappa shape index (κ3) is 5.18. The Morgan fingerprint density at radius 2 is 1.97 bits per heavy atom. The number of hydrogen-bond donors (Lipinski definition) is 0. The normalized spacial score (nSPS) is 23.0. The summed E-state index contributed by atoms with van der Waals surface area (Å²) in [5.41, 5.74) is 0.444. The van der Waals surface area contributed by atoms with Crippen LogP contribution in [0.15, 0.2) is 23.0 Å². The van der Waals surface area contributed by atoms with Crippen LogP contribution in [0.2, 0.25) is 0 Å². The minimum Gasteiger partial charge on any atom is -0.472 e. The minimum atomic E-state index is -0.211. The van der Waals surface area contributed by atoms with Crippen LogP contribution < -0.4 is 0 Å². The van der Waals surface area contributed by atoms with Gasteiger partial charge < -0.3 is 23.9 Å². The first-order chi connectivity index (χ1) is 14.1. The van der Waals surface area contributed by atoms with E-state index in [1.54, 1.807) is 15.9 Å². The summed E-state index contributed by atoms with van der Waals surface area (Å²) in [7, 11) is 0. The molecule has 2 aliphatic heterocycles. The van der Waals surface area contributed by atoms with E-state index in [1.807, 2.05) is 4.90 Å². The number of hydrogen-bond acceptors (Lipinski definition) is 5. The Kier molecular flexibility index (Phi) is 6.18. The van der Waals surface area contributed by atoms with Gasteiger partial charge in [-0.05, 0) is 37.7 Å². The highest BCUT2D eigenvalue weighted by atomic mass is 16.5. The van der Waals surface area contributed by atoms with Crippen molar-refractivity contribution < 1.29 is 23.5 Å². The lowest BCUT2D eigenvalue weighted by molar-refractivity contribution is -0.131. The fourth-order valence-electron chi connectivity index (χ4n) is 3.97.